The molecule has 1 atom stereocenters. The van der Waals surface area contributed by atoms with Gasteiger partial charge in [-0.2, -0.15) is 0 Å². The zero-order valence-electron chi connectivity index (χ0n) is 12.2. The van der Waals surface area contributed by atoms with Crippen LogP contribution in [0.1, 0.15) is 30.4 Å². The van der Waals surface area contributed by atoms with Crippen molar-refractivity contribution in [2.24, 2.45) is 0 Å². The molecule has 2 rings (SSSR count). The minimum absolute atomic E-state index is 0.174. The normalized spacial score (nSPS) is 14.2. The predicted molar refractivity (Wildman–Crippen MR) is 83.9 cm³/mol. The molecular formula is C18H23NO. The van der Waals surface area contributed by atoms with E-state index < -0.39 is 0 Å². The molecule has 0 amide bonds. The van der Waals surface area contributed by atoms with Crippen LogP contribution in [0.25, 0.3) is 0 Å². The van der Waals surface area contributed by atoms with Gasteiger partial charge in [0.2, 0.25) is 0 Å². The highest BCUT2D eigenvalue weighted by molar-refractivity contribution is 5.36. The molecule has 2 nitrogen and oxygen atoms in total. The first-order valence-corrected chi connectivity index (χ1v) is 7.11. The maximum atomic E-state index is 9.44. The van der Waals surface area contributed by atoms with Crippen molar-refractivity contribution in [3.8, 4) is 0 Å². The minimum atomic E-state index is -0.183. The topological polar surface area (TPSA) is 32.3 Å². The second-order valence-corrected chi connectivity index (χ2v) is 5.40. The Balaban J connectivity index is 2.50. The summed E-state index contributed by atoms with van der Waals surface area (Å²) in [4.78, 5) is 0. The van der Waals surface area contributed by atoms with E-state index in [4.69, 9.17) is 0 Å². The third-order valence-electron chi connectivity index (χ3n) is 4.11. The smallest absolute Gasteiger partial charge is 0.0448 e. The first-order chi connectivity index (χ1) is 9.71. The molecule has 0 saturated heterocycles. The van der Waals surface area contributed by atoms with E-state index in [1.54, 1.807) is 0 Å². The molecule has 2 aromatic carbocycles. The molecular weight excluding hydrogens is 246 g/mol. The molecule has 20 heavy (non-hydrogen) atoms. The lowest BCUT2D eigenvalue weighted by atomic mass is 9.74. The van der Waals surface area contributed by atoms with Crippen molar-refractivity contribution in [1.82, 2.24) is 5.32 Å². The molecule has 0 aliphatic rings. The van der Waals surface area contributed by atoms with Gasteiger partial charge in [-0.1, -0.05) is 60.7 Å². The standard InChI is InChI=1S/C18H23NO/c1-18(19-2,13-14-20)17(15-9-5-3-6-10-15)16-11-7-4-8-12-16/h3-12,17,19-20H,13-14H2,1-2H3. The molecule has 0 aromatic heterocycles. The Kier molecular flexibility index (Phi) is 4.94. The molecule has 0 fully saturated rings. The molecule has 0 heterocycles. The summed E-state index contributed by atoms with van der Waals surface area (Å²) in [5, 5.41) is 12.9. The number of nitrogens with one attached hydrogen (secondary N) is 1. The summed E-state index contributed by atoms with van der Waals surface area (Å²) in [6, 6.07) is 21.0. The van der Waals surface area contributed by atoms with Crippen LogP contribution in [0.5, 0.6) is 0 Å². The Bertz CT molecular complexity index is 472. The number of likely N-dealkylation sites (N-methyl/N-ethyl adjacent to an activating group) is 1. The summed E-state index contributed by atoms with van der Waals surface area (Å²) in [7, 11) is 1.97. The van der Waals surface area contributed by atoms with E-state index in [0.717, 1.165) is 0 Å². The first-order valence-electron chi connectivity index (χ1n) is 7.11. The van der Waals surface area contributed by atoms with Crippen molar-refractivity contribution in [3.63, 3.8) is 0 Å². The van der Waals surface area contributed by atoms with E-state index >= 15 is 0 Å². The quantitative estimate of drug-likeness (QED) is 0.844. The van der Waals surface area contributed by atoms with Crippen LogP contribution in [0.3, 0.4) is 0 Å². The van der Waals surface area contributed by atoms with Gasteiger partial charge in [-0.05, 0) is 31.5 Å². The Labute approximate surface area is 121 Å². The molecule has 0 saturated carbocycles. The van der Waals surface area contributed by atoms with Gasteiger partial charge in [-0.25, -0.2) is 0 Å². The van der Waals surface area contributed by atoms with Crippen molar-refractivity contribution in [3.05, 3.63) is 71.8 Å². The molecule has 106 valence electrons. The third-order valence-corrected chi connectivity index (χ3v) is 4.11. The van der Waals surface area contributed by atoms with Crippen molar-refractivity contribution in [1.29, 1.82) is 0 Å². The second-order valence-electron chi connectivity index (χ2n) is 5.40. The van der Waals surface area contributed by atoms with E-state index in [1.807, 2.05) is 19.2 Å². The molecule has 2 heteroatoms. The van der Waals surface area contributed by atoms with Crippen molar-refractivity contribution >= 4 is 0 Å². The monoisotopic (exact) mass is 269 g/mol. The summed E-state index contributed by atoms with van der Waals surface area (Å²) < 4.78 is 0. The number of rotatable bonds is 6. The Morgan fingerprint density at radius 3 is 1.75 bits per heavy atom. The van der Waals surface area contributed by atoms with Crippen molar-refractivity contribution in [2.45, 2.75) is 24.8 Å². The summed E-state index contributed by atoms with van der Waals surface area (Å²) in [5.41, 5.74) is 2.35. The zero-order valence-corrected chi connectivity index (χ0v) is 12.2. The number of hydrogen-bond donors (Lipinski definition) is 2. The van der Waals surface area contributed by atoms with Crippen LogP contribution < -0.4 is 5.32 Å². The fraction of sp³-hybridized carbons (Fsp3) is 0.333. The van der Waals surface area contributed by atoms with Crippen LogP contribution in [0.15, 0.2) is 60.7 Å². The fourth-order valence-corrected chi connectivity index (χ4v) is 2.87. The van der Waals surface area contributed by atoms with Crippen LogP contribution >= 0.6 is 0 Å². The van der Waals surface area contributed by atoms with E-state index in [-0.39, 0.29) is 18.1 Å². The maximum absolute atomic E-state index is 9.44. The predicted octanol–water partition coefficient (Wildman–Crippen LogP) is 3.18. The molecule has 1 unspecified atom stereocenters. The van der Waals surface area contributed by atoms with E-state index in [0.29, 0.717) is 6.42 Å². The van der Waals surface area contributed by atoms with Gasteiger partial charge in [0.05, 0.1) is 0 Å². The number of hydrogen-bond acceptors (Lipinski definition) is 2. The molecule has 0 radical (unpaired) electrons. The second kappa shape index (κ2) is 6.69. The Morgan fingerprint density at radius 1 is 0.950 bits per heavy atom. The third kappa shape index (κ3) is 3.09. The van der Waals surface area contributed by atoms with Gasteiger partial charge in [0, 0.05) is 18.1 Å². The molecule has 0 aliphatic heterocycles. The first kappa shape index (κ1) is 14.8. The maximum Gasteiger partial charge on any atom is 0.0448 e. The zero-order chi connectivity index (χ0) is 14.4. The molecule has 0 aliphatic carbocycles. The minimum Gasteiger partial charge on any atom is -0.396 e. The highest BCUT2D eigenvalue weighted by atomic mass is 16.3. The van der Waals surface area contributed by atoms with Gasteiger partial charge in [-0.15, -0.1) is 0 Å². The van der Waals surface area contributed by atoms with Gasteiger partial charge in [0.25, 0.3) is 0 Å². The highest BCUT2D eigenvalue weighted by Crippen LogP contribution is 2.36. The highest BCUT2D eigenvalue weighted by Gasteiger charge is 2.34. The summed E-state index contributed by atoms with van der Waals surface area (Å²) in [6.07, 6.45) is 0.706. The average molecular weight is 269 g/mol. The summed E-state index contributed by atoms with van der Waals surface area (Å²) in [5.74, 6) is 0.210. The van der Waals surface area contributed by atoms with Gasteiger partial charge >= 0.3 is 0 Å². The summed E-state index contributed by atoms with van der Waals surface area (Å²) in [6.45, 7) is 2.35. The van der Waals surface area contributed by atoms with E-state index in [2.05, 4.69) is 60.8 Å². The van der Waals surface area contributed by atoms with Crippen LogP contribution in [-0.4, -0.2) is 24.3 Å². The molecule has 2 N–H and O–H groups in total. The molecule has 2 aromatic rings. The van der Waals surface area contributed by atoms with Crippen molar-refractivity contribution < 1.29 is 5.11 Å². The number of aliphatic hydroxyl groups is 1. The lowest BCUT2D eigenvalue weighted by molar-refractivity contribution is 0.213. The van der Waals surface area contributed by atoms with Crippen molar-refractivity contribution in [2.75, 3.05) is 13.7 Å². The fourth-order valence-electron chi connectivity index (χ4n) is 2.87. The SMILES string of the molecule is CNC(C)(CCO)C(c1ccccc1)c1ccccc1. The lowest BCUT2D eigenvalue weighted by Crippen LogP contribution is -2.46. The number of aliphatic hydroxyl groups excluding tert-OH is 1. The van der Waals surface area contributed by atoms with Crippen LogP contribution in [0.2, 0.25) is 0 Å². The van der Waals surface area contributed by atoms with Gasteiger partial charge < -0.3 is 10.4 Å². The summed E-state index contributed by atoms with van der Waals surface area (Å²) >= 11 is 0. The molecule has 0 bridgehead atoms. The van der Waals surface area contributed by atoms with E-state index in [9.17, 15) is 5.11 Å². The van der Waals surface area contributed by atoms with E-state index in [1.165, 1.54) is 11.1 Å². The largest absolute Gasteiger partial charge is 0.396 e. The molecule has 0 spiro atoms. The Morgan fingerprint density at radius 2 is 1.40 bits per heavy atom. The van der Waals surface area contributed by atoms with Gasteiger partial charge in [-0.3, -0.25) is 0 Å². The van der Waals surface area contributed by atoms with Gasteiger partial charge in [0.15, 0.2) is 0 Å². The Hall–Kier alpha value is -1.64. The van der Waals surface area contributed by atoms with Crippen LogP contribution in [0, 0.1) is 0 Å². The average Bonchev–Trinajstić information content (AvgIpc) is 2.50. The van der Waals surface area contributed by atoms with Crippen LogP contribution in [0.4, 0.5) is 0 Å². The van der Waals surface area contributed by atoms with Gasteiger partial charge in [0.1, 0.15) is 0 Å². The number of benzene rings is 2. The van der Waals surface area contributed by atoms with Crippen LogP contribution in [-0.2, 0) is 0 Å². The lowest BCUT2D eigenvalue weighted by Gasteiger charge is -2.38.